The van der Waals surface area contributed by atoms with E-state index in [4.69, 9.17) is 0 Å². The predicted octanol–water partition coefficient (Wildman–Crippen LogP) is 3.75. The fraction of sp³-hybridized carbons (Fsp3) is 0. The Morgan fingerprint density at radius 2 is 1.78 bits per heavy atom. The topological polar surface area (TPSA) is 81.9 Å². The van der Waals surface area contributed by atoms with Gasteiger partial charge in [-0.15, -0.1) is 0 Å². The summed E-state index contributed by atoms with van der Waals surface area (Å²) in [6.45, 7) is 0. The Hall–Kier alpha value is -2.59. The molecular formula is C19H12IN3O3S. The van der Waals surface area contributed by atoms with Gasteiger partial charge in [0.1, 0.15) is 5.69 Å². The molecule has 0 unspecified atom stereocenters. The standard InChI is InChI=1S/C19H12IN3O3S/c20-18-10-13-9-14(17-8-4-5-15(12-24)22-17)11-21-19(13)23(18)27(25,26)16-6-2-1-3-7-16/h1-12H. The van der Waals surface area contributed by atoms with Crippen LogP contribution < -0.4 is 0 Å². The zero-order chi connectivity index (χ0) is 19.0. The van der Waals surface area contributed by atoms with Crippen LogP contribution in [-0.2, 0) is 10.0 Å². The summed E-state index contributed by atoms with van der Waals surface area (Å²) < 4.78 is 27.8. The summed E-state index contributed by atoms with van der Waals surface area (Å²) >= 11 is 1.99. The molecule has 0 aliphatic carbocycles. The second kappa shape index (κ2) is 6.86. The Kier molecular flexibility index (Phi) is 4.52. The van der Waals surface area contributed by atoms with Crippen molar-refractivity contribution in [2.45, 2.75) is 4.90 Å². The zero-order valence-corrected chi connectivity index (χ0v) is 16.8. The van der Waals surface area contributed by atoms with E-state index >= 15 is 0 Å². The first kappa shape index (κ1) is 17.8. The van der Waals surface area contributed by atoms with Crippen LogP contribution in [0, 0.1) is 3.70 Å². The van der Waals surface area contributed by atoms with Gasteiger partial charge >= 0.3 is 0 Å². The minimum absolute atomic E-state index is 0.201. The molecule has 134 valence electrons. The van der Waals surface area contributed by atoms with Crippen molar-refractivity contribution in [1.82, 2.24) is 13.9 Å². The average molecular weight is 489 g/mol. The van der Waals surface area contributed by atoms with Crippen molar-refractivity contribution in [3.8, 4) is 11.3 Å². The second-order valence-electron chi connectivity index (χ2n) is 5.75. The van der Waals surface area contributed by atoms with E-state index in [2.05, 4.69) is 9.97 Å². The van der Waals surface area contributed by atoms with Crippen LogP contribution in [0.15, 0.2) is 71.8 Å². The van der Waals surface area contributed by atoms with Crippen LogP contribution in [0.1, 0.15) is 10.5 Å². The van der Waals surface area contributed by atoms with E-state index in [1.807, 2.05) is 28.7 Å². The van der Waals surface area contributed by atoms with E-state index < -0.39 is 10.0 Å². The van der Waals surface area contributed by atoms with Crippen molar-refractivity contribution in [2.24, 2.45) is 0 Å². The molecule has 6 nitrogen and oxygen atoms in total. The molecule has 4 rings (SSSR count). The SMILES string of the molecule is O=Cc1cccc(-c2cnc3c(c2)cc(I)n3S(=O)(=O)c2ccccc2)n1. The highest BCUT2D eigenvalue weighted by Crippen LogP contribution is 2.28. The Morgan fingerprint density at radius 3 is 2.52 bits per heavy atom. The maximum absolute atomic E-state index is 13.0. The molecule has 27 heavy (non-hydrogen) atoms. The normalized spacial score (nSPS) is 11.6. The number of hydrogen-bond acceptors (Lipinski definition) is 5. The summed E-state index contributed by atoms with van der Waals surface area (Å²) in [6.07, 6.45) is 2.24. The van der Waals surface area contributed by atoms with Crippen LogP contribution >= 0.6 is 22.6 Å². The van der Waals surface area contributed by atoms with Crippen LogP contribution in [0.3, 0.4) is 0 Å². The lowest BCUT2D eigenvalue weighted by Crippen LogP contribution is -2.14. The van der Waals surface area contributed by atoms with Gasteiger partial charge in [-0.3, -0.25) is 4.79 Å². The van der Waals surface area contributed by atoms with E-state index in [0.717, 1.165) is 0 Å². The molecule has 0 atom stereocenters. The van der Waals surface area contributed by atoms with Crippen molar-refractivity contribution >= 4 is 49.9 Å². The summed E-state index contributed by atoms with van der Waals surface area (Å²) in [4.78, 5) is 19.8. The molecule has 0 aliphatic rings. The molecule has 3 aromatic heterocycles. The fourth-order valence-corrected chi connectivity index (χ4v) is 5.50. The molecule has 3 heterocycles. The number of carbonyl (C=O) groups excluding carboxylic acids is 1. The fourth-order valence-electron chi connectivity index (χ4n) is 2.78. The highest BCUT2D eigenvalue weighted by atomic mass is 127. The molecule has 0 fully saturated rings. The van der Waals surface area contributed by atoms with E-state index in [0.29, 0.717) is 38.0 Å². The van der Waals surface area contributed by atoms with Gasteiger partial charge in [0, 0.05) is 17.1 Å². The summed E-state index contributed by atoms with van der Waals surface area (Å²) in [6, 6.07) is 17.0. The lowest BCUT2D eigenvalue weighted by atomic mass is 10.1. The number of rotatable bonds is 4. The number of hydrogen-bond donors (Lipinski definition) is 0. The molecule has 0 aliphatic heterocycles. The predicted molar refractivity (Wildman–Crippen MR) is 110 cm³/mol. The first-order valence-electron chi connectivity index (χ1n) is 7.91. The summed E-state index contributed by atoms with van der Waals surface area (Å²) in [5, 5.41) is 0.676. The van der Waals surface area contributed by atoms with E-state index in [1.54, 1.807) is 60.8 Å². The third-order valence-corrected chi connectivity index (χ3v) is 6.86. The van der Waals surface area contributed by atoms with Gasteiger partial charge in [0.05, 0.1) is 14.3 Å². The first-order chi connectivity index (χ1) is 13.0. The number of carbonyl (C=O) groups is 1. The number of aldehydes is 1. The average Bonchev–Trinajstić information content (AvgIpc) is 3.04. The first-order valence-corrected chi connectivity index (χ1v) is 10.4. The third-order valence-electron chi connectivity index (χ3n) is 4.02. The summed E-state index contributed by atoms with van der Waals surface area (Å²) in [7, 11) is -3.76. The van der Waals surface area contributed by atoms with Gasteiger partial charge in [-0.2, -0.15) is 0 Å². The minimum atomic E-state index is -3.76. The Morgan fingerprint density at radius 1 is 1.00 bits per heavy atom. The Labute approximate surface area is 169 Å². The monoisotopic (exact) mass is 489 g/mol. The summed E-state index contributed by atoms with van der Waals surface area (Å²) in [5.74, 6) is 0. The summed E-state index contributed by atoms with van der Waals surface area (Å²) in [5.41, 5.74) is 1.98. The maximum Gasteiger partial charge on any atom is 0.270 e. The molecule has 4 aromatic rings. The van der Waals surface area contributed by atoms with E-state index in [1.165, 1.54) is 3.97 Å². The third kappa shape index (κ3) is 3.15. The van der Waals surface area contributed by atoms with Gasteiger partial charge in [0.25, 0.3) is 10.0 Å². The molecule has 0 saturated carbocycles. The molecular weight excluding hydrogens is 477 g/mol. The quantitative estimate of drug-likeness (QED) is 0.322. The number of benzene rings is 1. The number of aromatic nitrogens is 3. The van der Waals surface area contributed by atoms with Crippen LogP contribution in [-0.4, -0.2) is 28.6 Å². The highest BCUT2D eigenvalue weighted by molar-refractivity contribution is 14.1. The number of halogens is 1. The van der Waals surface area contributed by atoms with E-state index in [-0.39, 0.29) is 4.90 Å². The van der Waals surface area contributed by atoms with Gasteiger partial charge in [-0.25, -0.2) is 22.4 Å². The molecule has 8 heteroatoms. The van der Waals surface area contributed by atoms with Crippen molar-refractivity contribution < 1.29 is 13.2 Å². The van der Waals surface area contributed by atoms with Crippen molar-refractivity contribution in [2.75, 3.05) is 0 Å². The number of fused-ring (bicyclic) bond motifs is 1. The molecule has 1 aromatic carbocycles. The molecule has 0 amide bonds. The Balaban J connectivity index is 1.88. The van der Waals surface area contributed by atoms with Gasteiger partial charge in [-0.1, -0.05) is 24.3 Å². The highest BCUT2D eigenvalue weighted by Gasteiger charge is 2.23. The zero-order valence-electron chi connectivity index (χ0n) is 13.8. The largest absolute Gasteiger partial charge is 0.296 e. The number of pyridine rings is 2. The lowest BCUT2D eigenvalue weighted by molar-refractivity contribution is 0.111. The lowest BCUT2D eigenvalue weighted by Gasteiger charge is -2.09. The van der Waals surface area contributed by atoms with Gasteiger partial charge in [0.15, 0.2) is 11.9 Å². The molecule has 0 radical (unpaired) electrons. The van der Waals surface area contributed by atoms with E-state index in [9.17, 15) is 13.2 Å². The molecule has 0 spiro atoms. The van der Waals surface area contributed by atoms with Crippen LogP contribution in [0.25, 0.3) is 22.3 Å². The molecule has 0 saturated heterocycles. The Bertz CT molecular complexity index is 1270. The van der Waals surface area contributed by atoms with Crippen molar-refractivity contribution in [3.05, 3.63) is 76.3 Å². The molecule has 0 bridgehead atoms. The van der Waals surface area contributed by atoms with Gasteiger partial charge < -0.3 is 0 Å². The maximum atomic E-state index is 13.0. The van der Waals surface area contributed by atoms with Crippen molar-refractivity contribution in [1.29, 1.82) is 0 Å². The smallest absolute Gasteiger partial charge is 0.270 e. The minimum Gasteiger partial charge on any atom is -0.296 e. The van der Waals surface area contributed by atoms with Crippen LogP contribution in [0.2, 0.25) is 0 Å². The van der Waals surface area contributed by atoms with Gasteiger partial charge in [-0.05, 0) is 59.0 Å². The number of nitrogens with zero attached hydrogens (tertiary/aromatic N) is 3. The van der Waals surface area contributed by atoms with Crippen LogP contribution in [0.5, 0.6) is 0 Å². The van der Waals surface area contributed by atoms with Crippen LogP contribution in [0.4, 0.5) is 0 Å². The van der Waals surface area contributed by atoms with Crippen molar-refractivity contribution in [3.63, 3.8) is 0 Å². The second-order valence-corrected chi connectivity index (χ2v) is 8.64. The molecule has 0 N–H and O–H groups in total. The van der Waals surface area contributed by atoms with Gasteiger partial charge in [0.2, 0.25) is 0 Å².